The molecule has 0 atom stereocenters. The third-order valence-electron chi connectivity index (χ3n) is 5.60. The summed E-state index contributed by atoms with van der Waals surface area (Å²) in [6.07, 6.45) is 17.5. The number of fused-ring (bicyclic) bond motifs is 2. The lowest BCUT2D eigenvalue weighted by Gasteiger charge is -2.23. The second kappa shape index (κ2) is 7.10. The van der Waals surface area contributed by atoms with Gasteiger partial charge in [-0.25, -0.2) is 19.5 Å². The van der Waals surface area contributed by atoms with Crippen molar-refractivity contribution < 1.29 is 0 Å². The maximum atomic E-state index is 4.89. The molecule has 0 amide bonds. The number of nitrogens with one attached hydrogen (secondary N) is 1. The Kier molecular flexibility index (Phi) is 4.32. The van der Waals surface area contributed by atoms with Crippen LogP contribution in [0.25, 0.3) is 11.2 Å². The third kappa shape index (κ3) is 3.31. The molecule has 0 unspecified atom stereocenters. The lowest BCUT2D eigenvalue weighted by atomic mass is 9.96. The van der Waals surface area contributed by atoms with Crippen molar-refractivity contribution in [3.8, 4) is 0 Å². The Hall–Kier alpha value is -2.76. The van der Waals surface area contributed by atoms with E-state index in [1.165, 1.54) is 32.1 Å². The van der Waals surface area contributed by atoms with Crippen molar-refractivity contribution in [1.82, 2.24) is 24.6 Å². The highest BCUT2D eigenvalue weighted by molar-refractivity contribution is 5.79. The smallest absolute Gasteiger partial charge is 0.223 e. The van der Waals surface area contributed by atoms with Gasteiger partial charge in [-0.15, -0.1) is 0 Å². The molecule has 0 aromatic carbocycles. The minimum atomic E-state index is 0.517. The Balaban J connectivity index is 1.47. The monoisotopic (exact) mass is 360 g/mol. The summed E-state index contributed by atoms with van der Waals surface area (Å²) in [7, 11) is 0. The molecule has 27 heavy (non-hydrogen) atoms. The molecule has 0 spiro atoms. The van der Waals surface area contributed by atoms with Crippen LogP contribution in [0.2, 0.25) is 0 Å². The number of aromatic nitrogens is 5. The number of allylic oxidation sites excluding steroid dienone is 1. The Labute approximate surface area is 158 Å². The molecule has 3 heterocycles. The van der Waals surface area contributed by atoms with Crippen molar-refractivity contribution in [1.29, 1.82) is 0 Å². The van der Waals surface area contributed by atoms with E-state index in [0.29, 0.717) is 6.04 Å². The fourth-order valence-corrected chi connectivity index (χ4v) is 4.16. The Morgan fingerprint density at radius 1 is 1.04 bits per heavy atom. The summed E-state index contributed by atoms with van der Waals surface area (Å²) >= 11 is 0. The van der Waals surface area contributed by atoms with Gasteiger partial charge in [-0.2, -0.15) is 5.10 Å². The fourth-order valence-electron chi connectivity index (χ4n) is 4.16. The first kappa shape index (κ1) is 16.4. The van der Waals surface area contributed by atoms with Crippen molar-refractivity contribution in [3.63, 3.8) is 0 Å². The molecule has 2 aliphatic rings. The van der Waals surface area contributed by atoms with Crippen LogP contribution in [0.5, 0.6) is 0 Å². The average Bonchev–Trinajstić information content (AvgIpc) is 3.07. The second-order valence-electron chi connectivity index (χ2n) is 7.49. The molecule has 3 aromatic heterocycles. The molecule has 1 saturated carbocycles. The predicted octanol–water partition coefficient (Wildman–Crippen LogP) is 4.03. The number of hydrogen-bond acceptors (Lipinski definition) is 5. The molecule has 5 rings (SSSR count). The van der Waals surface area contributed by atoms with E-state index < -0.39 is 0 Å². The number of hydrogen-bond donors (Lipinski definition) is 1. The predicted molar refractivity (Wildman–Crippen MR) is 106 cm³/mol. The summed E-state index contributed by atoms with van der Waals surface area (Å²) in [6, 6.07) is 4.47. The van der Waals surface area contributed by atoms with Crippen molar-refractivity contribution in [2.45, 2.75) is 57.4 Å². The highest BCUT2D eigenvalue weighted by atomic mass is 15.2. The van der Waals surface area contributed by atoms with E-state index in [1.54, 1.807) is 10.7 Å². The number of nitrogens with zero attached hydrogens (tertiary/aromatic N) is 5. The molecule has 3 aromatic rings. The van der Waals surface area contributed by atoms with Gasteiger partial charge >= 0.3 is 0 Å². The van der Waals surface area contributed by atoms with Gasteiger partial charge in [-0.05, 0) is 38.2 Å². The highest BCUT2D eigenvalue weighted by Gasteiger charge is 2.19. The van der Waals surface area contributed by atoms with Crippen molar-refractivity contribution >= 4 is 17.2 Å². The van der Waals surface area contributed by atoms with Crippen LogP contribution < -0.4 is 5.32 Å². The molecule has 1 N–H and O–H groups in total. The molecular formula is C21H24N6. The van der Waals surface area contributed by atoms with E-state index in [0.717, 1.165) is 53.4 Å². The molecule has 0 bridgehead atoms. The first-order valence-electron chi connectivity index (χ1n) is 10.0. The van der Waals surface area contributed by atoms with Crippen LogP contribution in [-0.2, 0) is 6.42 Å². The Morgan fingerprint density at radius 2 is 1.96 bits per heavy atom. The number of aryl methyl sites for hydroxylation is 1. The highest BCUT2D eigenvalue weighted by Crippen LogP contribution is 2.30. The van der Waals surface area contributed by atoms with Crippen LogP contribution in [0.1, 0.15) is 61.9 Å². The van der Waals surface area contributed by atoms with Gasteiger partial charge < -0.3 is 5.32 Å². The van der Waals surface area contributed by atoms with E-state index in [-0.39, 0.29) is 0 Å². The topological polar surface area (TPSA) is 68.0 Å². The van der Waals surface area contributed by atoms with Crippen LogP contribution in [0.15, 0.2) is 36.8 Å². The van der Waals surface area contributed by atoms with E-state index in [1.807, 2.05) is 24.5 Å². The van der Waals surface area contributed by atoms with Crippen molar-refractivity contribution in [2.24, 2.45) is 0 Å². The van der Waals surface area contributed by atoms with Gasteiger partial charge in [0, 0.05) is 35.6 Å². The normalized spacial score (nSPS) is 18.0. The van der Waals surface area contributed by atoms with Gasteiger partial charge in [0.05, 0.1) is 17.6 Å². The van der Waals surface area contributed by atoms with Gasteiger partial charge in [0.15, 0.2) is 5.65 Å². The Morgan fingerprint density at radius 3 is 2.89 bits per heavy atom. The first-order valence-corrected chi connectivity index (χ1v) is 10.0. The second-order valence-corrected chi connectivity index (χ2v) is 7.49. The van der Waals surface area contributed by atoms with Crippen LogP contribution >= 0.6 is 0 Å². The van der Waals surface area contributed by atoms with E-state index in [2.05, 4.69) is 21.5 Å². The van der Waals surface area contributed by atoms with E-state index in [9.17, 15) is 0 Å². The SMILES string of the molecule is C1=C(c2ccn3nccc3n2)c2cnc(NC3CCCCC3)nc2CCC1. The van der Waals surface area contributed by atoms with Crippen molar-refractivity contribution in [3.05, 3.63) is 53.8 Å². The molecule has 2 aliphatic carbocycles. The molecule has 138 valence electrons. The molecule has 6 heteroatoms. The van der Waals surface area contributed by atoms with E-state index in [4.69, 9.17) is 9.97 Å². The average molecular weight is 360 g/mol. The fraction of sp³-hybridized carbons (Fsp3) is 0.429. The standard InChI is InChI=1S/C21H24N6/c1-2-6-15(7-3-1)24-21-22-14-17-16(8-4-5-9-18(17)26-21)19-11-13-27-20(25-19)10-12-23-27/h8,10-15H,1-7,9H2,(H,22,24,26). The lowest BCUT2D eigenvalue weighted by molar-refractivity contribution is 0.460. The van der Waals surface area contributed by atoms with E-state index >= 15 is 0 Å². The minimum Gasteiger partial charge on any atom is -0.351 e. The molecule has 0 aliphatic heterocycles. The first-order chi connectivity index (χ1) is 13.4. The minimum absolute atomic E-state index is 0.517. The zero-order valence-corrected chi connectivity index (χ0v) is 15.4. The number of rotatable bonds is 3. The van der Waals surface area contributed by atoms with Gasteiger partial charge in [0.2, 0.25) is 5.95 Å². The molecule has 0 saturated heterocycles. The van der Waals surface area contributed by atoms with Crippen LogP contribution in [0.4, 0.5) is 5.95 Å². The summed E-state index contributed by atoms with van der Waals surface area (Å²) in [4.78, 5) is 14.3. The van der Waals surface area contributed by atoms with Crippen LogP contribution in [0.3, 0.4) is 0 Å². The van der Waals surface area contributed by atoms with Crippen LogP contribution in [-0.4, -0.2) is 30.6 Å². The maximum absolute atomic E-state index is 4.89. The molecular weight excluding hydrogens is 336 g/mol. The molecule has 6 nitrogen and oxygen atoms in total. The third-order valence-corrected chi connectivity index (χ3v) is 5.60. The van der Waals surface area contributed by atoms with Gasteiger partial charge in [0.1, 0.15) is 0 Å². The largest absolute Gasteiger partial charge is 0.351 e. The van der Waals surface area contributed by atoms with Gasteiger partial charge in [0.25, 0.3) is 0 Å². The Bertz CT molecular complexity index is 983. The van der Waals surface area contributed by atoms with Crippen molar-refractivity contribution in [2.75, 3.05) is 5.32 Å². The summed E-state index contributed by atoms with van der Waals surface area (Å²) < 4.78 is 1.79. The summed E-state index contributed by atoms with van der Waals surface area (Å²) in [5.41, 5.74) is 5.19. The van der Waals surface area contributed by atoms with Gasteiger partial charge in [-0.3, -0.25) is 0 Å². The summed E-state index contributed by atoms with van der Waals surface area (Å²) in [5.74, 6) is 0.779. The zero-order chi connectivity index (χ0) is 18.1. The summed E-state index contributed by atoms with van der Waals surface area (Å²) in [5, 5.41) is 7.79. The molecule has 1 fully saturated rings. The zero-order valence-electron chi connectivity index (χ0n) is 15.4. The van der Waals surface area contributed by atoms with Gasteiger partial charge in [-0.1, -0.05) is 25.3 Å². The maximum Gasteiger partial charge on any atom is 0.223 e. The molecule has 0 radical (unpaired) electrons. The van der Waals surface area contributed by atoms with Crippen LogP contribution in [0, 0.1) is 0 Å². The summed E-state index contributed by atoms with van der Waals surface area (Å²) in [6.45, 7) is 0. The quantitative estimate of drug-likeness (QED) is 0.764. The lowest BCUT2D eigenvalue weighted by Crippen LogP contribution is -2.23. The number of anilines is 1.